The zero-order valence-electron chi connectivity index (χ0n) is 18.3. The van der Waals surface area contributed by atoms with Crippen molar-refractivity contribution in [2.24, 2.45) is 11.7 Å². The summed E-state index contributed by atoms with van der Waals surface area (Å²) in [6.45, 7) is 9.59. The fourth-order valence-electron chi connectivity index (χ4n) is 3.21. The van der Waals surface area contributed by atoms with Gasteiger partial charge < -0.3 is 5.01 Å². The number of anilines is 2. The van der Waals surface area contributed by atoms with Crippen LogP contribution in [0.15, 0.2) is 52.6 Å². The SMILES string of the molecule is CC1=C(C)N(c2ccc(SCc3c(C)cccc3N(C)N)c(C)c2)NC1.NNC=O. The molecule has 0 spiro atoms. The molecule has 0 aliphatic carbocycles. The Balaban J connectivity index is 0.000000735. The first-order chi connectivity index (χ1) is 14.3. The lowest BCUT2D eigenvalue weighted by Crippen LogP contribution is -2.30. The lowest BCUT2D eigenvalue weighted by molar-refractivity contribution is -0.109. The molecule has 7 nitrogen and oxygen atoms in total. The molecule has 2 aromatic carbocycles. The molecule has 0 unspecified atom stereocenters. The average molecular weight is 429 g/mol. The average Bonchev–Trinajstić information content (AvgIpc) is 3.06. The standard InChI is InChI=1S/C21H28N4S.CH4N2O/c1-14-7-6-8-20(24(5)22)19(14)13-26-21-10-9-18(11-15(21)2)25-17(4)16(3)12-23-25;2-3-1-4/h6-11,23H,12-13,22H2,1-5H3;1H,2H2,(H,3,4). The molecular formula is C22H32N6OS. The third-order valence-corrected chi connectivity index (χ3v) is 6.28. The number of hydrogen-bond acceptors (Lipinski definition) is 7. The topological polar surface area (TPSA) is 99.7 Å². The summed E-state index contributed by atoms with van der Waals surface area (Å²) in [7, 11) is 1.89. The maximum absolute atomic E-state index is 8.94. The lowest BCUT2D eigenvalue weighted by atomic mass is 10.1. The van der Waals surface area contributed by atoms with Gasteiger partial charge in [0, 0.05) is 29.9 Å². The number of allylic oxidation sites excluding steroid dienone is 1. The number of nitrogens with two attached hydrogens (primary N) is 2. The van der Waals surface area contributed by atoms with Gasteiger partial charge in [0.15, 0.2) is 0 Å². The second-order valence-corrected chi connectivity index (χ2v) is 8.26. The highest BCUT2D eigenvalue weighted by Crippen LogP contribution is 2.34. The van der Waals surface area contributed by atoms with Gasteiger partial charge in [0.25, 0.3) is 0 Å². The zero-order valence-corrected chi connectivity index (χ0v) is 19.1. The first-order valence-electron chi connectivity index (χ1n) is 9.70. The fraction of sp³-hybridized carbons (Fsp3) is 0.318. The van der Waals surface area contributed by atoms with E-state index in [1.165, 1.54) is 38.5 Å². The van der Waals surface area contributed by atoms with Crippen molar-refractivity contribution in [1.82, 2.24) is 10.9 Å². The van der Waals surface area contributed by atoms with Crippen molar-refractivity contribution in [3.05, 3.63) is 64.4 Å². The van der Waals surface area contributed by atoms with Gasteiger partial charge in [-0.05, 0) is 74.2 Å². The van der Waals surface area contributed by atoms with Gasteiger partial charge in [0.2, 0.25) is 6.41 Å². The van der Waals surface area contributed by atoms with E-state index in [1.54, 1.807) is 10.4 Å². The van der Waals surface area contributed by atoms with E-state index in [-0.39, 0.29) is 0 Å². The number of carbonyl (C=O) groups excluding carboxylic acids is 1. The van der Waals surface area contributed by atoms with Crippen molar-refractivity contribution >= 4 is 29.5 Å². The van der Waals surface area contributed by atoms with Crippen molar-refractivity contribution in [1.29, 1.82) is 0 Å². The molecule has 1 aliphatic rings. The van der Waals surface area contributed by atoms with Crippen LogP contribution in [0.3, 0.4) is 0 Å². The van der Waals surface area contributed by atoms with Crippen LogP contribution >= 0.6 is 11.8 Å². The van der Waals surface area contributed by atoms with Crippen LogP contribution in [0.2, 0.25) is 0 Å². The van der Waals surface area contributed by atoms with Crippen molar-refractivity contribution in [3.63, 3.8) is 0 Å². The number of nitrogens with one attached hydrogen (secondary N) is 2. The predicted molar refractivity (Wildman–Crippen MR) is 127 cm³/mol. The fourth-order valence-corrected chi connectivity index (χ4v) is 4.34. The van der Waals surface area contributed by atoms with E-state index in [1.807, 2.05) is 18.8 Å². The highest BCUT2D eigenvalue weighted by Gasteiger charge is 2.18. The third-order valence-electron chi connectivity index (χ3n) is 5.08. The molecule has 1 amide bonds. The van der Waals surface area contributed by atoms with E-state index >= 15 is 0 Å². The number of thioether (sulfide) groups is 1. The third kappa shape index (κ3) is 5.76. The van der Waals surface area contributed by atoms with Gasteiger partial charge in [-0.15, -0.1) is 11.8 Å². The van der Waals surface area contributed by atoms with Gasteiger partial charge in [-0.3, -0.25) is 15.2 Å². The number of benzene rings is 2. The molecule has 1 aliphatic heterocycles. The summed E-state index contributed by atoms with van der Waals surface area (Å²) in [6.07, 6.45) is 0.403. The van der Waals surface area contributed by atoms with Gasteiger partial charge in [0.05, 0.1) is 11.4 Å². The molecule has 0 bridgehead atoms. The van der Waals surface area contributed by atoms with Crippen LogP contribution in [-0.4, -0.2) is 20.0 Å². The minimum Gasteiger partial charge on any atom is -0.314 e. The van der Waals surface area contributed by atoms with Crippen LogP contribution in [0.5, 0.6) is 0 Å². The van der Waals surface area contributed by atoms with Crippen molar-refractivity contribution in [2.45, 2.75) is 38.3 Å². The molecule has 3 rings (SSSR count). The summed E-state index contributed by atoms with van der Waals surface area (Å²) < 4.78 is 0. The number of amides is 1. The Bertz CT molecular complexity index is 912. The minimum atomic E-state index is 0.403. The summed E-state index contributed by atoms with van der Waals surface area (Å²) in [6, 6.07) is 13.0. The quantitative estimate of drug-likeness (QED) is 0.184. The molecule has 0 atom stereocenters. The number of rotatable bonds is 6. The van der Waals surface area contributed by atoms with Gasteiger partial charge in [-0.2, -0.15) is 0 Å². The molecule has 6 N–H and O–H groups in total. The molecular weight excluding hydrogens is 396 g/mol. The highest BCUT2D eigenvalue weighted by molar-refractivity contribution is 7.98. The number of aryl methyl sites for hydroxylation is 2. The summed E-state index contributed by atoms with van der Waals surface area (Å²) in [5, 5.41) is 3.88. The Kier molecular flexibility index (Phi) is 8.73. The maximum Gasteiger partial charge on any atom is 0.221 e. The molecule has 30 heavy (non-hydrogen) atoms. The Morgan fingerprint density at radius 2 is 1.90 bits per heavy atom. The molecule has 2 aromatic rings. The van der Waals surface area contributed by atoms with E-state index in [9.17, 15) is 0 Å². The van der Waals surface area contributed by atoms with E-state index in [0.717, 1.165) is 18.0 Å². The van der Waals surface area contributed by atoms with E-state index in [4.69, 9.17) is 10.6 Å². The summed E-state index contributed by atoms with van der Waals surface area (Å²) >= 11 is 1.87. The molecule has 0 saturated carbocycles. The Morgan fingerprint density at radius 3 is 2.43 bits per heavy atom. The van der Waals surface area contributed by atoms with Crippen LogP contribution in [0.25, 0.3) is 0 Å². The van der Waals surface area contributed by atoms with Gasteiger partial charge in [-0.25, -0.2) is 17.1 Å². The first kappa shape index (κ1) is 23.8. The zero-order chi connectivity index (χ0) is 22.3. The van der Waals surface area contributed by atoms with Crippen molar-refractivity contribution in [2.75, 3.05) is 23.6 Å². The Hall–Kier alpha value is -2.52. The van der Waals surface area contributed by atoms with Gasteiger partial charge in [-0.1, -0.05) is 12.1 Å². The maximum atomic E-state index is 8.94. The van der Waals surface area contributed by atoms with Crippen molar-refractivity contribution < 1.29 is 4.79 Å². The molecule has 0 saturated heterocycles. The molecule has 0 aromatic heterocycles. The molecule has 0 fully saturated rings. The summed E-state index contributed by atoms with van der Waals surface area (Å²) in [5.41, 5.74) is 14.0. The van der Waals surface area contributed by atoms with E-state index in [2.05, 4.69) is 80.4 Å². The second-order valence-electron chi connectivity index (χ2n) is 7.24. The summed E-state index contributed by atoms with van der Waals surface area (Å²) in [5.74, 6) is 11.3. The molecule has 8 heteroatoms. The molecule has 1 heterocycles. The van der Waals surface area contributed by atoms with Crippen LogP contribution in [0.1, 0.15) is 30.5 Å². The largest absolute Gasteiger partial charge is 0.314 e. The number of nitrogens with zero attached hydrogens (tertiary/aromatic N) is 2. The van der Waals surface area contributed by atoms with Crippen LogP contribution in [0.4, 0.5) is 11.4 Å². The van der Waals surface area contributed by atoms with Crippen molar-refractivity contribution in [3.8, 4) is 0 Å². The second kappa shape index (κ2) is 11.0. The minimum absolute atomic E-state index is 0.403. The molecule has 162 valence electrons. The van der Waals surface area contributed by atoms with Crippen LogP contribution < -0.4 is 32.6 Å². The van der Waals surface area contributed by atoms with E-state index < -0.39 is 0 Å². The Labute approximate surface area is 183 Å². The lowest BCUT2D eigenvalue weighted by Gasteiger charge is -2.22. The Morgan fingerprint density at radius 1 is 1.20 bits per heavy atom. The smallest absolute Gasteiger partial charge is 0.221 e. The number of carbonyl (C=O) groups is 1. The highest BCUT2D eigenvalue weighted by atomic mass is 32.2. The van der Waals surface area contributed by atoms with E-state index in [0.29, 0.717) is 6.41 Å². The first-order valence-corrected chi connectivity index (χ1v) is 10.7. The van der Waals surface area contributed by atoms with Crippen LogP contribution in [0, 0.1) is 13.8 Å². The number of hydrogen-bond donors (Lipinski definition) is 4. The van der Waals surface area contributed by atoms with Gasteiger partial charge >= 0.3 is 0 Å². The molecule has 0 radical (unpaired) electrons. The van der Waals surface area contributed by atoms with Crippen LogP contribution in [-0.2, 0) is 10.5 Å². The summed E-state index contributed by atoms with van der Waals surface area (Å²) in [4.78, 5) is 10.2. The predicted octanol–water partition coefficient (Wildman–Crippen LogP) is 3.13. The number of hydrazine groups is 3. The normalized spacial score (nSPS) is 13.1. The van der Waals surface area contributed by atoms with Gasteiger partial charge in [0.1, 0.15) is 0 Å². The monoisotopic (exact) mass is 428 g/mol.